The summed E-state index contributed by atoms with van der Waals surface area (Å²) in [6, 6.07) is 21.2. The third-order valence-corrected chi connectivity index (χ3v) is 6.61. The second kappa shape index (κ2) is 10.3. The Morgan fingerprint density at radius 3 is 2.31 bits per heavy atom. The van der Waals surface area contributed by atoms with Gasteiger partial charge in [0.2, 0.25) is 0 Å². The molecule has 0 heterocycles. The summed E-state index contributed by atoms with van der Waals surface area (Å²) < 4.78 is 35.5. The molecule has 0 radical (unpaired) electrons. The minimum absolute atomic E-state index is 0.0446. The first-order chi connectivity index (χ1) is 14.0. The van der Waals surface area contributed by atoms with Crippen molar-refractivity contribution in [1.82, 2.24) is 0 Å². The minimum atomic E-state index is -3.70. The second-order valence-corrected chi connectivity index (χ2v) is 9.18. The highest BCUT2D eigenvalue weighted by Gasteiger charge is 2.15. The minimum Gasteiger partial charge on any atom is -0.373 e. The topological polar surface area (TPSA) is 52.6 Å². The van der Waals surface area contributed by atoms with Crippen molar-refractivity contribution in [3.8, 4) is 0 Å². The van der Waals surface area contributed by atoms with Gasteiger partial charge >= 0.3 is 0 Å². The number of ether oxygens (including phenoxy) is 1. The maximum absolute atomic E-state index is 12.2. The molecular formula is C23H25BrO4S. The van der Waals surface area contributed by atoms with E-state index >= 15 is 0 Å². The van der Waals surface area contributed by atoms with E-state index in [1.165, 1.54) is 10.8 Å². The molecule has 0 aliphatic rings. The summed E-state index contributed by atoms with van der Waals surface area (Å²) in [5.41, 5.74) is 2.13. The molecule has 3 aromatic carbocycles. The predicted octanol–water partition coefficient (Wildman–Crippen LogP) is 5.79. The van der Waals surface area contributed by atoms with Gasteiger partial charge in [0.15, 0.2) is 0 Å². The maximum atomic E-state index is 12.2. The molecule has 0 spiro atoms. The van der Waals surface area contributed by atoms with Crippen molar-refractivity contribution in [1.29, 1.82) is 0 Å². The molecule has 0 bridgehead atoms. The third kappa shape index (κ3) is 6.12. The molecule has 3 rings (SSSR count). The smallest absolute Gasteiger partial charge is 0.296 e. The number of hydrogen-bond donors (Lipinski definition) is 0. The van der Waals surface area contributed by atoms with Crippen LogP contribution in [0.4, 0.5) is 0 Å². The Morgan fingerprint density at radius 2 is 1.59 bits per heavy atom. The highest BCUT2D eigenvalue weighted by Crippen LogP contribution is 2.24. The first kappa shape index (κ1) is 22.0. The van der Waals surface area contributed by atoms with E-state index in [2.05, 4.69) is 46.3 Å². The molecule has 0 saturated heterocycles. The lowest BCUT2D eigenvalue weighted by molar-refractivity contribution is 0.0652. The molecule has 29 heavy (non-hydrogen) atoms. The lowest BCUT2D eigenvalue weighted by atomic mass is 10.0. The number of unbranched alkanes of at least 4 members (excludes halogenated alkanes) is 1. The van der Waals surface area contributed by atoms with Crippen LogP contribution in [0.1, 0.15) is 30.1 Å². The summed E-state index contributed by atoms with van der Waals surface area (Å²) in [6.07, 6.45) is 1.29. The number of benzene rings is 3. The molecule has 1 atom stereocenters. The van der Waals surface area contributed by atoms with E-state index < -0.39 is 10.1 Å². The molecule has 4 nitrogen and oxygen atoms in total. The Labute approximate surface area is 181 Å². The van der Waals surface area contributed by atoms with Crippen LogP contribution in [0.25, 0.3) is 10.8 Å². The summed E-state index contributed by atoms with van der Waals surface area (Å²) >= 11 is 3.53. The van der Waals surface area contributed by atoms with E-state index in [-0.39, 0.29) is 17.6 Å². The Bertz CT molecular complexity index is 1030. The fourth-order valence-electron chi connectivity index (χ4n) is 3.01. The van der Waals surface area contributed by atoms with Gasteiger partial charge in [0.05, 0.1) is 17.6 Å². The Kier molecular flexibility index (Phi) is 7.84. The monoisotopic (exact) mass is 476 g/mol. The van der Waals surface area contributed by atoms with Crippen LogP contribution in [0.5, 0.6) is 0 Å². The zero-order chi connectivity index (χ0) is 20.7. The van der Waals surface area contributed by atoms with Gasteiger partial charge in [-0.25, -0.2) is 0 Å². The number of hydrogen-bond acceptors (Lipinski definition) is 4. The molecule has 0 aliphatic carbocycles. The van der Waals surface area contributed by atoms with Gasteiger partial charge in [-0.15, -0.1) is 0 Å². The summed E-state index contributed by atoms with van der Waals surface area (Å²) in [6.45, 7) is 2.60. The lowest BCUT2D eigenvalue weighted by Crippen LogP contribution is -2.10. The van der Waals surface area contributed by atoms with Crippen LogP contribution in [0.15, 0.2) is 71.6 Å². The molecule has 0 aliphatic heterocycles. The average molecular weight is 477 g/mol. The van der Waals surface area contributed by atoms with Crippen molar-refractivity contribution < 1.29 is 17.3 Å². The number of fused-ring (bicyclic) bond motifs is 1. The van der Waals surface area contributed by atoms with Crippen LogP contribution < -0.4 is 0 Å². The van der Waals surface area contributed by atoms with Crippen molar-refractivity contribution in [2.45, 2.75) is 30.8 Å². The van der Waals surface area contributed by atoms with Gasteiger partial charge < -0.3 is 4.74 Å². The largest absolute Gasteiger partial charge is 0.373 e. The molecule has 0 fully saturated rings. The molecule has 3 aromatic rings. The number of alkyl halides is 1. The zero-order valence-electron chi connectivity index (χ0n) is 16.4. The second-order valence-electron chi connectivity index (χ2n) is 6.92. The summed E-state index contributed by atoms with van der Waals surface area (Å²) in [4.78, 5) is 0.190. The summed E-state index contributed by atoms with van der Waals surface area (Å²) in [5.74, 6) is 0. The van der Waals surface area contributed by atoms with Crippen molar-refractivity contribution in [3.63, 3.8) is 0 Å². The number of aryl methyl sites for hydroxylation is 1. The van der Waals surface area contributed by atoms with E-state index in [1.54, 1.807) is 24.3 Å². The van der Waals surface area contributed by atoms with E-state index in [4.69, 9.17) is 8.92 Å². The maximum Gasteiger partial charge on any atom is 0.296 e. The standard InChI is InChI=1S/C23H25BrO4S/c1-18-8-12-22(13-9-18)29(25,26)28-15-5-4-14-27-23(17-24)21-11-10-19-6-2-3-7-20(19)16-21/h2-3,6-13,16,23H,4-5,14-15,17H2,1H3. The van der Waals surface area contributed by atoms with Gasteiger partial charge in [-0.05, 0) is 54.3 Å². The van der Waals surface area contributed by atoms with Gasteiger partial charge in [0.1, 0.15) is 0 Å². The molecular weight excluding hydrogens is 452 g/mol. The normalized spacial score (nSPS) is 12.9. The fourth-order valence-corrected chi connectivity index (χ4v) is 4.51. The molecule has 0 aromatic heterocycles. The van der Waals surface area contributed by atoms with Gasteiger partial charge in [-0.1, -0.05) is 70.0 Å². The van der Waals surface area contributed by atoms with Crippen LogP contribution in [-0.4, -0.2) is 27.0 Å². The average Bonchev–Trinajstić information content (AvgIpc) is 2.73. The lowest BCUT2D eigenvalue weighted by Gasteiger charge is -2.16. The van der Waals surface area contributed by atoms with E-state index in [1.807, 2.05) is 19.1 Å². The van der Waals surface area contributed by atoms with Crippen molar-refractivity contribution in [3.05, 3.63) is 77.9 Å². The van der Waals surface area contributed by atoms with Crippen LogP contribution in [-0.2, 0) is 19.0 Å². The van der Waals surface area contributed by atoms with Gasteiger partial charge in [-0.3, -0.25) is 4.18 Å². The van der Waals surface area contributed by atoms with Crippen molar-refractivity contribution >= 4 is 36.8 Å². The SMILES string of the molecule is Cc1ccc(S(=O)(=O)OCCCCOC(CBr)c2ccc3ccccc3c2)cc1. The zero-order valence-corrected chi connectivity index (χ0v) is 18.8. The van der Waals surface area contributed by atoms with Crippen molar-refractivity contribution in [2.75, 3.05) is 18.5 Å². The van der Waals surface area contributed by atoms with E-state index in [9.17, 15) is 8.42 Å². The van der Waals surface area contributed by atoms with Gasteiger partial charge in [-0.2, -0.15) is 8.42 Å². The van der Waals surface area contributed by atoms with Crippen LogP contribution in [0.2, 0.25) is 0 Å². The molecule has 6 heteroatoms. The molecule has 0 amide bonds. The van der Waals surface area contributed by atoms with E-state index in [0.29, 0.717) is 18.4 Å². The Balaban J connectivity index is 1.44. The van der Waals surface area contributed by atoms with Crippen LogP contribution >= 0.6 is 15.9 Å². The number of halogens is 1. The van der Waals surface area contributed by atoms with Crippen LogP contribution in [0, 0.1) is 6.92 Å². The van der Waals surface area contributed by atoms with Crippen molar-refractivity contribution in [2.24, 2.45) is 0 Å². The third-order valence-electron chi connectivity index (χ3n) is 4.69. The van der Waals surface area contributed by atoms with E-state index in [0.717, 1.165) is 17.5 Å². The molecule has 0 saturated carbocycles. The number of rotatable bonds is 10. The fraction of sp³-hybridized carbons (Fsp3) is 0.304. The summed E-state index contributed by atoms with van der Waals surface area (Å²) in [5, 5.41) is 3.09. The first-order valence-corrected chi connectivity index (χ1v) is 12.1. The Hall–Kier alpha value is -1.73. The predicted molar refractivity (Wildman–Crippen MR) is 120 cm³/mol. The molecule has 1 unspecified atom stereocenters. The highest BCUT2D eigenvalue weighted by molar-refractivity contribution is 9.09. The Morgan fingerprint density at radius 1 is 0.897 bits per heavy atom. The highest BCUT2D eigenvalue weighted by atomic mass is 79.9. The molecule has 154 valence electrons. The molecule has 0 N–H and O–H groups in total. The summed E-state index contributed by atoms with van der Waals surface area (Å²) in [7, 11) is -3.70. The van der Waals surface area contributed by atoms with Crippen LogP contribution in [0.3, 0.4) is 0 Å². The van der Waals surface area contributed by atoms with Gasteiger partial charge in [0, 0.05) is 11.9 Å². The van der Waals surface area contributed by atoms with Gasteiger partial charge in [0.25, 0.3) is 10.1 Å². The quantitative estimate of drug-likeness (QED) is 0.211. The first-order valence-electron chi connectivity index (χ1n) is 9.62.